The van der Waals surface area contributed by atoms with Crippen LogP contribution in [0.5, 0.6) is 11.5 Å². The average molecular weight is 582 g/mol. The Balaban J connectivity index is 1.69. The molecular weight excluding hydrogens is 547 g/mol. The molecule has 1 fully saturated rings. The maximum absolute atomic E-state index is 14.5. The van der Waals surface area contributed by atoms with E-state index in [1.165, 1.54) is 0 Å². The van der Waals surface area contributed by atoms with E-state index in [0.717, 1.165) is 29.8 Å². The van der Waals surface area contributed by atoms with Crippen molar-refractivity contribution in [1.29, 1.82) is 0 Å². The van der Waals surface area contributed by atoms with Crippen molar-refractivity contribution in [3.8, 4) is 11.5 Å². The predicted octanol–water partition coefficient (Wildman–Crippen LogP) is 6.70. The van der Waals surface area contributed by atoms with Crippen LogP contribution in [0.25, 0.3) is 0 Å². The molecule has 40 heavy (non-hydrogen) atoms. The quantitative estimate of drug-likeness (QED) is 0.325. The number of benzene rings is 3. The summed E-state index contributed by atoms with van der Waals surface area (Å²) in [4.78, 5) is 25.7. The third-order valence-corrected chi connectivity index (χ3v) is 7.77. The van der Waals surface area contributed by atoms with Crippen molar-refractivity contribution >= 4 is 35.1 Å². The molecule has 1 saturated heterocycles. The van der Waals surface area contributed by atoms with Gasteiger partial charge in [-0.25, -0.2) is 4.79 Å². The van der Waals surface area contributed by atoms with Crippen molar-refractivity contribution in [3.63, 3.8) is 0 Å². The lowest BCUT2D eigenvalue weighted by Gasteiger charge is -2.38. The number of hydrogen-bond acceptors (Lipinski definition) is 5. The van der Waals surface area contributed by atoms with Gasteiger partial charge in [-0.15, -0.1) is 0 Å². The largest absolute Gasteiger partial charge is 0.497 e. The van der Waals surface area contributed by atoms with Gasteiger partial charge in [-0.05, 0) is 68.4 Å². The molecule has 9 heteroatoms. The molecule has 0 bridgehead atoms. The zero-order valence-electron chi connectivity index (χ0n) is 23.2. The molecule has 2 heterocycles. The van der Waals surface area contributed by atoms with Crippen LogP contribution in [-0.4, -0.2) is 73.0 Å². The van der Waals surface area contributed by atoms with Gasteiger partial charge >= 0.3 is 6.03 Å². The molecular formula is C31H34Cl2N4O3. The second-order valence-electron chi connectivity index (χ2n) is 10.4. The van der Waals surface area contributed by atoms with E-state index in [4.69, 9.17) is 37.7 Å². The summed E-state index contributed by atoms with van der Waals surface area (Å²) < 4.78 is 11.7. The van der Waals surface area contributed by atoms with Crippen molar-refractivity contribution in [2.75, 3.05) is 40.3 Å². The Labute approximate surface area is 245 Å². The van der Waals surface area contributed by atoms with Gasteiger partial charge in [0.1, 0.15) is 23.4 Å². The second-order valence-corrected chi connectivity index (χ2v) is 11.3. The van der Waals surface area contributed by atoms with Crippen LogP contribution in [0.3, 0.4) is 0 Å². The summed E-state index contributed by atoms with van der Waals surface area (Å²) in [5.74, 6) is 1.83. The van der Waals surface area contributed by atoms with E-state index < -0.39 is 6.04 Å². The Hall–Kier alpha value is -3.26. The first-order valence-electron chi connectivity index (χ1n) is 13.5. The van der Waals surface area contributed by atoms with Gasteiger partial charge in [0, 0.05) is 42.3 Å². The maximum Gasteiger partial charge on any atom is 0.326 e. The number of ether oxygens (including phenoxy) is 2. The predicted molar refractivity (Wildman–Crippen MR) is 160 cm³/mol. The molecule has 0 spiro atoms. The lowest BCUT2D eigenvalue weighted by molar-refractivity contribution is 0.130. The van der Waals surface area contributed by atoms with E-state index >= 15 is 0 Å². The number of nitrogens with zero attached hydrogens (tertiary/aromatic N) is 4. The summed E-state index contributed by atoms with van der Waals surface area (Å²) in [6.45, 7) is 6.83. The molecule has 0 aliphatic carbocycles. The third kappa shape index (κ3) is 5.92. The number of amidine groups is 1. The second kappa shape index (κ2) is 12.1. The number of methoxy groups -OCH3 is 1. The minimum absolute atomic E-state index is 0.0884. The van der Waals surface area contributed by atoms with Gasteiger partial charge in [-0.1, -0.05) is 47.5 Å². The van der Waals surface area contributed by atoms with Crippen molar-refractivity contribution in [3.05, 3.63) is 93.5 Å². The molecule has 2 atom stereocenters. The fourth-order valence-electron chi connectivity index (χ4n) is 5.17. The smallest absolute Gasteiger partial charge is 0.326 e. The number of likely N-dealkylation sites (N-methyl/N-ethyl adjacent to an activating group) is 1. The summed E-state index contributed by atoms with van der Waals surface area (Å²) in [5.41, 5.74) is 2.62. The number of aliphatic imine (C=N–C) groups is 1. The summed E-state index contributed by atoms with van der Waals surface area (Å²) in [7, 11) is 3.70. The highest BCUT2D eigenvalue weighted by Gasteiger charge is 2.45. The zero-order chi connectivity index (χ0) is 28.4. The number of rotatable bonds is 6. The van der Waals surface area contributed by atoms with Crippen LogP contribution >= 0.6 is 23.2 Å². The zero-order valence-corrected chi connectivity index (χ0v) is 24.7. The van der Waals surface area contributed by atoms with E-state index in [0.29, 0.717) is 40.5 Å². The highest BCUT2D eigenvalue weighted by Crippen LogP contribution is 2.46. The maximum atomic E-state index is 14.5. The molecule has 210 valence electrons. The summed E-state index contributed by atoms with van der Waals surface area (Å²) >= 11 is 12.5. The summed E-state index contributed by atoms with van der Waals surface area (Å²) in [5, 5.41) is 1.27. The minimum Gasteiger partial charge on any atom is -0.497 e. The SMILES string of the molecule is COc1ccc(C2=NC(c3ccc(Cl)cc3)C(c3ccc(Cl)cc3)N2C(=O)N2CCN(C)CC2)c(OC(C)C)c1. The Morgan fingerprint density at radius 2 is 1.50 bits per heavy atom. The molecule has 3 aromatic carbocycles. The van der Waals surface area contributed by atoms with Crippen LogP contribution in [0.15, 0.2) is 71.7 Å². The first-order chi connectivity index (χ1) is 19.2. The van der Waals surface area contributed by atoms with E-state index in [9.17, 15) is 4.79 Å². The molecule has 5 rings (SSSR count). The van der Waals surface area contributed by atoms with E-state index in [1.807, 2.05) is 90.4 Å². The van der Waals surface area contributed by atoms with Gasteiger partial charge in [0.05, 0.1) is 24.8 Å². The van der Waals surface area contributed by atoms with E-state index in [1.54, 1.807) is 7.11 Å². The number of carbonyl (C=O) groups excluding carboxylic acids is 1. The van der Waals surface area contributed by atoms with Gasteiger partial charge in [0.2, 0.25) is 0 Å². The number of amides is 2. The van der Waals surface area contributed by atoms with Crippen molar-refractivity contribution in [1.82, 2.24) is 14.7 Å². The Morgan fingerprint density at radius 1 is 0.900 bits per heavy atom. The van der Waals surface area contributed by atoms with E-state index in [2.05, 4.69) is 11.9 Å². The minimum atomic E-state index is -0.408. The van der Waals surface area contributed by atoms with Crippen molar-refractivity contribution in [2.24, 2.45) is 4.99 Å². The van der Waals surface area contributed by atoms with Crippen LogP contribution < -0.4 is 9.47 Å². The third-order valence-electron chi connectivity index (χ3n) is 7.26. The molecule has 3 aromatic rings. The fraction of sp³-hybridized carbons (Fsp3) is 0.355. The van der Waals surface area contributed by atoms with Gasteiger partial charge in [-0.3, -0.25) is 9.89 Å². The monoisotopic (exact) mass is 580 g/mol. The lowest BCUT2D eigenvalue weighted by atomic mass is 9.93. The van der Waals surface area contributed by atoms with Crippen LogP contribution in [0.2, 0.25) is 10.0 Å². The average Bonchev–Trinajstić information content (AvgIpc) is 3.33. The summed E-state index contributed by atoms with van der Waals surface area (Å²) in [6.07, 6.45) is -0.0891. The molecule has 2 amide bonds. The topological polar surface area (TPSA) is 57.6 Å². The van der Waals surface area contributed by atoms with Gasteiger partial charge in [-0.2, -0.15) is 0 Å². The Kier molecular flexibility index (Phi) is 8.54. The molecule has 2 aliphatic rings. The first kappa shape index (κ1) is 28.3. The number of piperazine rings is 1. The highest BCUT2D eigenvalue weighted by molar-refractivity contribution is 6.30. The van der Waals surface area contributed by atoms with Crippen LogP contribution in [0.4, 0.5) is 4.79 Å². The standard InChI is InChI=1S/C31H34Cl2N4O3/c1-20(2)40-27-19-25(39-4)13-14-26(27)30-34-28(21-5-9-23(32)10-6-21)29(22-7-11-24(33)12-8-22)37(30)31(38)36-17-15-35(3)16-18-36/h5-14,19-20,28-29H,15-18H2,1-4H3. The molecule has 0 radical (unpaired) electrons. The number of urea groups is 1. The molecule has 0 saturated carbocycles. The molecule has 0 aromatic heterocycles. The number of halogens is 2. The Bertz CT molecular complexity index is 1370. The number of hydrogen-bond donors (Lipinski definition) is 0. The lowest BCUT2D eigenvalue weighted by Crippen LogP contribution is -2.53. The summed E-state index contributed by atoms with van der Waals surface area (Å²) in [6, 6.07) is 20.1. The van der Waals surface area contributed by atoms with Crippen LogP contribution in [0.1, 0.15) is 42.6 Å². The van der Waals surface area contributed by atoms with Crippen molar-refractivity contribution < 1.29 is 14.3 Å². The number of carbonyl (C=O) groups is 1. The van der Waals surface area contributed by atoms with Crippen LogP contribution in [0, 0.1) is 0 Å². The molecule has 2 unspecified atom stereocenters. The van der Waals surface area contributed by atoms with E-state index in [-0.39, 0.29) is 18.2 Å². The highest BCUT2D eigenvalue weighted by atomic mass is 35.5. The van der Waals surface area contributed by atoms with Crippen LogP contribution in [-0.2, 0) is 0 Å². The molecule has 2 aliphatic heterocycles. The normalized spacial score (nSPS) is 19.6. The first-order valence-corrected chi connectivity index (χ1v) is 14.2. The van der Waals surface area contributed by atoms with Crippen molar-refractivity contribution in [2.45, 2.75) is 32.0 Å². The molecule has 7 nitrogen and oxygen atoms in total. The fourth-order valence-corrected chi connectivity index (χ4v) is 5.42. The van der Waals surface area contributed by atoms with Gasteiger partial charge in [0.15, 0.2) is 0 Å². The molecule has 0 N–H and O–H groups in total. The van der Waals surface area contributed by atoms with Gasteiger partial charge in [0.25, 0.3) is 0 Å². The Morgan fingerprint density at radius 3 is 2.08 bits per heavy atom. The van der Waals surface area contributed by atoms with Gasteiger partial charge < -0.3 is 19.3 Å².